The van der Waals surface area contributed by atoms with E-state index in [1.54, 1.807) is 0 Å². The monoisotopic (exact) mass is 656 g/mol. The number of carboxylic acids is 1. The zero-order valence-corrected chi connectivity index (χ0v) is 20.3. The third-order valence-electron chi connectivity index (χ3n) is 5.72. The van der Waals surface area contributed by atoms with Crippen LogP contribution in [-0.4, -0.2) is 98.6 Å². The molecule has 0 amide bonds. The summed E-state index contributed by atoms with van der Waals surface area (Å²) in [6.45, 7) is -1.52. The fourth-order valence-electron chi connectivity index (χ4n) is 2.94. The molecule has 0 bridgehead atoms. The molecule has 6 nitrogen and oxygen atoms in total. The third-order valence-corrected chi connectivity index (χ3v) is 7.23. The number of sulfonamides is 1. The molecule has 0 atom stereocenters. The number of aliphatic carboxylic acids is 1. The zero-order valence-electron chi connectivity index (χ0n) is 19.4. The molecule has 0 rings (SSSR count). The average molecular weight is 656 g/mol. The van der Waals surface area contributed by atoms with E-state index < -0.39 is 87.1 Å². The van der Waals surface area contributed by atoms with Crippen LogP contribution in [-0.2, 0) is 14.8 Å². The zero-order chi connectivity index (χ0) is 32.8. The molecule has 0 saturated heterocycles. The number of likely N-dealkylation sites (N-methyl/N-ethyl adjacent to an activating group) is 1. The minimum absolute atomic E-state index is 0.255. The van der Waals surface area contributed by atoms with Gasteiger partial charge in [-0.05, 0) is 13.8 Å². The second kappa shape index (κ2) is 10.8. The maximum absolute atomic E-state index is 14.0. The van der Waals surface area contributed by atoms with E-state index in [1.165, 1.54) is 13.8 Å². The number of hydrogen-bond acceptors (Lipinski definition) is 4. The number of halogens is 17. The van der Waals surface area contributed by atoms with Crippen LogP contribution in [0.4, 0.5) is 74.6 Å². The Morgan fingerprint density at radius 2 is 0.975 bits per heavy atom. The number of hydrogen-bond donors (Lipinski definition) is 1. The summed E-state index contributed by atoms with van der Waals surface area (Å²) in [4.78, 5) is 10.8. The molecule has 0 unspecified atom stereocenters. The van der Waals surface area contributed by atoms with Crippen LogP contribution in [0.1, 0.15) is 13.8 Å². The standard InChI is InChI=1S/C16H17F17N2O4S/c1-3-35(4-2,7-8(36)37)6-5-34-40(38,39)16(32,33)14(27,28)12(23,24)10(19,20)9(17,18)11(21,22)13(25,26)15(29,30)31/h34H,3-7H2,1-2H3. The topological polar surface area (TPSA) is 86.3 Å². The Balaban J connectivity index is 6.60. The molecule has 0 saturated carbocycles. The summed E-state index contributed by atoms with van der Waals surface area (Å²) in [6, 6.07) is 0. The summed E-state index contributed by atoms with van der Waals surface area (Å²) in [7, 11) is -7.44. The van der Waals surface area contributed by atoms with Crippen LogP contribution in [0.25, 0.3) is 0 Å². The van der Waals surface area contributed by atoms with E-state index >= 15 is 0 Å². The van der Waals surface area contributed by atoms with Gasteiger partial charge in [0, 0.05) is 0 Å². The lowest BCUT2D eigenvalue weighted by Gasteiger charge is -2.42. The van der Waals surface area contributed by atoms with Gasteiger partial charge in [-0.25, -0.2) is 13.1 Å². The first-order chi connectivity index (χ1) is 17.2. The summed E-state index contributed by atoms with van der Waals surface area (Å²) in [5.74, 6) is -53.8. The highest BCUT2D eigenvalue weighted by atomic mass is 32.2. The van der Waals surface area contributed by atoms with E-state index in [-0.39, 0.29) is 13.1 Å². The summed E-state index contributed by atoms with van der Waals surface area (Å²) < 4.78 is 249. The van der Waals surface area contributed by atoms with Crippen LogP contribution in [0.15, 0.2) is 0 Å². The number of carboxylic acid groups (broad SMARTS) is 1. The predicted molar refractivity (Wildman–Crippen MR) is 93.7 cm³/mol. The van der Waals surface area contributed by atoms with Gasteiger partial charge in [-0.3, -0.25) is 0 Å². The second-order valence-corrected chi connectivity index (χ2v) is 9.89. The molecule has 0 aromatic heterocycles. The molecule has 0 spiro atoms. The highest BCUT2D eigenvalue weighted by molar-refractivity contribution is 7.90. The summed E-state index contributed by atoms with van der Waals surface area (Å²) in [5.41, 5.74) is 0. The molecule has 0 aliphatic carbocycles. The molecule has 0 aliphatic rings. The van der Waals surface area contributed by atoms with E-state index in [2.05, 4.69) is 0 Å². The van der Waals surface area contributed by atoms with E-state index in [1.807, 2.05) is 0 Å². The van der Waals surface area contributed by atoms with E-state index in [0.717, 1.165) is 0 Å². The Morgan fingerprint density at radius 3 is 1.27 bits per heavy atom. The van der Waals surface area contributed by atoms with Crippen molar-refractivity contribution in [2.45, 2.75) is 60.8 Å². The van der Waals surface area contributed by atoms with Crippen LogP contribution in [0, 0.1) is 0 Å². The van der Waals surface area contributed by atoms with Crippen molar-refractivity contribution in [2.75, 3.05) is 32.7 Å². The number of rotatable bonds is 15. The molecule has 1 N–H and O–H groups in total. The minimum Gasteiger partial charge on any atom is -0.544 e. The van der Waals surface area contributed by atoms with Crippen molar-refractivity contribution in [3.8, 4) is 0 Å². The Hall–Kier alpha value is -1.85. The quantitative estimate of drug-likeness (QED) is 0.216. The Kier molecular flexibility index (Phi) is 10.3. The van der Waals surface area contributed by atoms with Crippen molar-refractivity contribution in [2.24, 2.45) is 0 Å². The maximum atomic E-state index is 14.0. The molecule has 0 heterocycles. The lowest BCUT2D eigenvalue weighted by molar-refractivity contribution is -0.918. The van der Waals surface area contributed by atoms with Crippen molar-refractivity contribution < 1.29 is 97.4 Å². The largest absolute Gasteiger partial charge is 0.544 e. The van der Waals surface area contributed by atoms with Gasteiger partial charge in [0.2, 0.25) is 0 Å². The molecule has 0 radical (unpaired) electrons. The summed E-state index contributed by atoms with van der Waals surface area (Å²) in [5, 5.41) is 3.12. The number of quaternary nitrogens is 1. The van der Waals surface area contributed by atoms with Gasteiger partial charge in [0.15, 0.2) is 0 Å². The molecule has 0 aromatic rings. The normalized spacial score (nSPS) is 15.9. The van der Waals surface area contributed by atoms with Gasteiger partial charge in [0.1, 0.15) is 6.54 Å². The van der Waals surface area contributed by atoms with Crippen LogP contribution < -0.4 is 9.83 Å². The predicted octanol–water partition coefficient (Wildman–Crippen LogP) is 3.48. The van der Waals surface area contributed by atoms with Crippen molar-refractivity contribution in [3.63, 3.8) is 0 Å². The van der Waals surface area contributed by atoms with Crippen LogP contribution >= 0.6 is 0 Å². The van der Waals surface area contributed by atoms with Gasteiger partial charge in [-0.2, -0.15) is 74.6 Å². The van der Waals surface area contributed by atoms with Gasteiger partial charge in [-0.1, -0.05) is 0 Å². The number of carbonyl (C=O) groups is 1. The SMILES string of the molecule is CC[N+](CC)(CCNS(=O)(=O)C(F)(F)C(F)(F)C(F)(F)C(F)(F)C(F)(F)C(F)(F)C(F)(F)C(F)(F)F)CC(=O)[O-]. The number of alkyl halides is 17. The first-order valence-corrected chi connectivity index (χ1v) is 11.5. The Morgan fingerprint density at radius 1 is 0.650 bits per heavy atom. The van der Waals surface area contributed by atoms with Crippen molar-refractivity contribution in [1.82, 2.24) is 4.72 Å². The molecule has 0 aromatic carbocycles. The van der Waals surface area contributed by atoms with Gasteiger partial charge < -0.3 is 14.4 Å². The lowest BCUT2D eigenvalue weighted by Crippen LogP contribution is -2.75. The molecular formula is C16H17F17N2O4S. The summed E-state index contributed by atoms with van der Waals surface area (Å²) in [6.07, 6.45) is -7.91. The van der Waals surface area contributed by atoms with Gasteiger partial charge in [-0.15, -0.1) is 0 Å². The first-order valence-electron chi connectivity index (χ1n) is 10.00. The van der Waals surface area contributed by atoms with Crippen molar-refractivity contribution in [3.05, 3.63) is 0 Å². The van der Waals surface area contributed by atoms with Gasteiger partial charge >= 0.3 is 47.0 Å². The number of nitrogens with one attached hydrogen (secondary N) is 1. The average Bonchev–Trinajstić information content (AvgIpc) is 2.76. The third kappa shape index (κ3) is 5.62. The van der Waals surface area contributed by atoms with E-state index in [4.69, 9.17) is 0 Å². The van der Waals surface area contributed by atoms with E-state index in [9.17, 15) is 93.0 Å². The molecular weight excluding hydrogens is 639 g/mol. The van der Waals surface area contributed by atoms with Crippen LogP contribution in [0.2, 0.25) is 0 Å². The van der Waals surface area contributed by atoms with E-state index in [0.29, 0.717) is 4.72 Å². The highest BCUT2D eigenvalue weighted by Crippen LogP contribution is 2.64. The molecule has 40 heavy (non-hydrogen) atoms. The molecule has 0 fully saturated rings. The van der Waals surface area contributed by atoms with Gasteiger partial charge in [0.05, 0.1) is 32.1 Å². The molecule has 24 heteroatoms. The fraction of sp³-hybridized carbons (Fsp3) is 0.938. The second-order valence-electron chi connectivity index (χ2n) is 8.09. The number of nitrogens with zero attached hydrogens (tertiary/aromatic N) is 1. The minimum atomic E-state index is -8.91. The fourth-order valence-corrected chi connectivity index (χ4v) is 3.95. The molecule has 240 valence electrons. The molecule has 0 aliphatic heterocycles. The number of carbonyl (C=O) groups excluding carboxylic acids is 1. The van der Waals surface area contributed by atoms with Crippen LogP contribution in [0.3, 0.4) is 0 Å². The highest BCUT2D eigenvalue weighted by Gasteiger charge is 2.96. The first kappa shape index (κ1) is 38.1. The van der Waals surface area contributed by atoms with Crippen molar-refractivity contribution in [1.29, 1.82) is 0 Å². The Bertz CT molecular complexity index is 1020. The van der Waals surface area contributed by atoms with Gasteiger partial charge in [0.25, 0.3) is 10.0 Å². The van der Waals surface area contributed by atoms with Crippen molar-refractivity contribution >= 4 is 16.0 Å². The Labute approximate surface area is 212 Å². The van der Waals surface area contributed by atoms with Crippen LogP contribution in [0.5, 0.6) is 0 Å². The maximum Gasteiger partial charge on any atom is 0.460 e. The summed E-state index contributed by atoms with van der Waals surface area (Å²) >= 11 is 0. The smallest absolute Gasteiger partial charge is 0.460 e. The lowest BCUT2D eigenvalue weighted by atomic mass is 9.91.